The molecule has 0 saturated heterocycles. The van der Waals surface area contributed by atoms with E-state index in [2.05, 4.69) is 39.5 Å². The molecule has 0 amide bonds. The lowest BCUT2D eigenvalue weighted by Crippen LogP contribution is -1.96. The van der Waals surface area contributed by atoms with E-state index < -0.39 is 0 Å². The second kappa shape index (κ2) is 6.74. The highest BCUT2D eigenvalue weighted by Gasteiger charge is 2.02. The van der Waals surface area contributed by atoms with Crippen LogP contribution < -0.4 is 0 Å². The van der Waals surface area contributed by atoms with Gasteiger partial charge < -0.3 is 4.74 Å². The molecule has 90 valence electrons. The Morgan fingerprint density at radius 1 is 1.18 bits per heavy atom. The predicted molar refractivity (Wildman–Crippen MR) is 73.6 cm³/mol. The smallest absolute Gasteiger partial charge is 0.122 e. The van der Waals surface area contributed by atoms with E-state index in [9.17, 15) is 0 Å². The Morgan fingerprint density at radius 2 is 1.82 bits per heavy atom. The molecule has 1 heteroatoms. The Morgan fingerprint density at radius 3 is 2.35 bits per heavy atom. The fourth-order valence-corrected chi connectivity index (χ4v) is 1.37. The summed E-state index contributed by atoms with van der Waals surface area (Å²) in [6, 6.07) is 10.2. The molecule has 0 aliphatic rings. The fraction of sp³-hybridized carbons (Fsp3) is 0.250. The Kier molecular flexibility index (Phi) is 5.28. The van der Waals surface area contributed by atoms with Gasteiger partial charge in [0.25, 0.3) is 0 Å². The van der Waals surface area contributed by atoms with E-state index in [0.717, 1.165) is 5.76 Å². The summed E-state index contributed by atoms with van der Waals surface area (Å²) in [4.78, 5) is 0. The maximum atomic E-state index is 5.82. The summed E-state index contributed by atoms with van der Waals surface area (Å²) in [6.07, 6.45) is 3.66. The molecule has 0 bridgehead atoms. The number of hydrogen-bond acceptors (Lipinski definition) is 1. The Bertz CT molecular complexity index is 420. The van der Waals surface area contributed by atoms with Crippen molar-refractivity contribution in [2.45, 2.75) is 27.4 Å². The molecule has 0 unspecified atom stereocenters. The van der Waals surface area contributed by atoms with Gasteiger partial charge in [-0.15, -0.1) is 0 Å². The molecule has 0 spiro atoms. The van der Waals surface area contributed by atoms with Crippen molar-refractivity contribution in [3.63, 3.8) is 0 Å². The summed E-state index contributed by atoms with van der Waals surface area (Å²) >= 11 is 0. The maximum Gasteiger partial charge on any atom is 0.122 e. The normalized spacial score (nSPS) is 10.9. The monoisotopic (exact) mass is 228 g/mol. The van der Waals surface area contributed by atoms with Crippen LogP contribution in [0.25, 0.3) is 0 Å². The summed E-state index contributed by atoms with van der Waals surface area (Å²) in [5, 5.41) is 0. The minimum absolute atomic E-state index is 0.588. The van der Waals surface area contributed by atoms with Crippen molar-refractivity contribution < 1.29 is 4.74 Å². The first-order valence-corrected chi connectivity index (χ1v) is 5.79. The minimum atomic E-state index is 0.588. The van der Waals surface area contributed by atoms with Crippen LogP contribution in [0.4, 0.5) is 0 Å². The topological polar surface area (TPSA) is 9.23 Å². The molecule has 0 saturated carbocycles. The van der Waals surface area contributed by atoms with Crippen LogP contribution in [0.2, 0.25) is 0 Å². The highest BCUT2D eigenvalue weighted by atomic mass is 16.5. The van der Waals surface area contributed by atoms with Crippen LogP contribution in [0.15, 0.2) is 66.0 Å². The molecular formula is C16H20O. The van der Waals surface area contributed by atoms with Crippen LogP contribution >= 0.6 is 0 Å². The SMILES string of the molecule is C=CC=C(OCc1ccccc1)C(C)=C(C)C. The first kappa shape index (κ1) is 13.3. The van der Waals surface area contributed by atoms with Crippen molar-refractivity contribution in [1.29, 1.82) is 0 Å². The van der Waals surface area contributed by atoms with Gasteiger partial charge in [-0.1, -0.05) is 48.6 Å². The zero-order chi connectivity index (χ0) is 12.7. The van der Waals surface area contributed by atoms with E-state index in [1.54, 1.807) is 6.08 Å². The Labute approximate surface area is 104 Å². The molecule has 0 aliphatic carbocycles. The van der Waals surface area contributed by atoms with E-state index in [0.29, 0.717) is 6.61 Å². The van der Waals surface area contributed by atoms with Gasteiger partial charge in [0.1, 0.15) is 12.4 Å². The molecule has 0 aromatic heterocycles. The zero-order valence-corrected chi connectivity index (χ0v) is 10.9. The second-order valence-electron chi connectivity index (χ2n) is 4.17. The fourth-order valence-electron chi connectivity index (χ4n) is 1.37. The van der Waals surface area contributed by atoms with E-state index in [-0.39, 0.29) is 0 Å². The number of rotatable bonds is 5. The maximum absolute atomic E-state index is 5.82. The van der Waals surface area contributed by atoms with Crippen LogP contribution in [-0.2, 0) is 11.3 Å². The average Bonchev–Trinajstić information content (AvgIpc) is 2.34. The summed E-state index contributed by atoms with van der Waals surface area (Å²) in [6.45, 7) is 10.5. The van der Waals surface area contributed by atoms with Crippen molar-refractivity contribution in [3.05, 3.63) is 71.5 Å². The van der Waals surface area contributed by atoms with Gasteiger partial charge in [0.2, 0.25) is 0 Å². The van der Waals surface area contributed by atoms with Crippen LogP contribution in [0.1, 0.15) is 26.3 Å². The quantitative estimate of drug-likeness (QED) is 0.527. The third-order valence-corrected chi connectivity index (χ3v) is 2.63. The first-order chi connectivity index (χ1) is 8.15. The highest BCUT2D eigenvalue weighted by Crippen LogP contribution is 2.17. The van der Waals surface area contributed by atoms with E-state index in [1.165, 1.54) is 16.7 Å². The lowest BCUT2D eigenvalue weighted by Gasteiger charge is -2.12. The van der Waals surface area contributed by atoms with Crippen LogP contribution in [0, 0.1) is 0 Å². The van der Waals surface area contributed by atoms with Crippen molar-refractivity contribution in [2.75, 3.05) is 0 Å². The lowest BCUT2D eigenvalue weighted by atomic mass is 10.1. The van der Waals surface area contributed by atoms with Crippen molar-refractivity contribution in [2.24, 2.45) is 0 Å². The number of ether oxygens (including phenoxy) is 1. The molecule has 17 heavy (non-hydrogen) atoms. The molecule has 1 rings (SSSR count). The largest absolute Gasteiger partial charge is 0.489 e. The molecule has 0 atom stereocenters. The zero-order valence-electron chi connectivity index (χ0n) is 10.9. The van der Waals surface area contributed by atoms with Crippen molar-refractivity contribution >= 4 is 0 Å². The third kappa shape index (κ3) is 4.31. The average molecular weight is 228 g/mol. The van der Waals surface area contributed by atoms with Gasteiger partial charge >= 0.3 is 0 Å². The standard InChI is InChI=1S/C16H20O/c1-5-9-16(14(4)13(2)3)17-12-15-10-7-6-8-11-15/h5-11H,1,12H2,2-4H3. The summed E-state index contributed by atoms with van der Waals surface area (Å²) in [5.41, 5.74) is 3.59. The lowest BCUT2D eigenvalue weighted by molar-refractivity contribution is 0.206. The van der Waals surface area contributed by atoms with Gasteiger partial charge in [0, 0.05) is 0 Å². The molecule has 1 aromatic rings. The van der Waals surface area contributed by atoms with Crippen molar-refractivity contribution in [3.8, 4) is 0 Å². The van der Waals surface area contributed by atoms with Gasteiger partial charge in [-0.25, -0.2) is 0 Å². The highest BCUT2D eigenvalue weighted by molar-refractivity contribution is 5.30. The molecule has 0 radical (unpaired) electrons. The molecule has 1 nitrogen and oxygen atoms in total. The van der Waals surface area contributed by atoms with Crippen LogP contribution in [0.3, 0.4) is 0 Å². The van der Waals surface area contributed by atoms with Gasteiger partial charge in [-0.2, -0.15) is 0 Å². The van der Waals surface area contributed by atoms with Gasteiger partial charge in [0.15, 0.2) is 0 Å². The van der Waals surface area contributed by atoms with Crippen LogP contribution in [-0.4, -0.2) is 0 Å². The van der Waals surface area contributed by atoms with E-state index >= 15 is 0 Å². The summed E-state index contributed by atoms with van der Waals surface area (Å²) in [7, 11) is 0. The first-order valence-electron chi connectivity index (χ1n) is 5.79. The Balaban J connectivity index is 2.74. The molecule has 0 fully saturated rings. The molecule has 0 heterocycles. The summed E-state index contributed by atoms with van der Waals surface area (Å²) < 4.78 is 5.82. The molecule has 0 N–H and O–H groups in total. The molecular weight excluding hydrogens is 208 g/mol. The number of benzene rings is 1. The summed E-state index contributed by atoms with van der Waals surface area (Å²) in [5.74, 6) is 0.892. The van der Waals surface area contributed by atoms with Crippen LogP contribution in [0.5, 0.6) is 0 Å². The Hall–Kier alpha value is -1.76. The van der Waals surface area contributed by atoms with Gasteiger partial charge in [-0.05, 0) is 38.0 Å². The molecule has 0 aliphatic heterocycles. The minimum Gasteiger partial charge on any atom is -0.489 e. The number of hydrogen-bond donors (Lipinski definition) is 0. The van der Waals surface area contributed by atoms with E-state index in [1.807, 2.05) is 24.3 Å². The number of allylic oxidation sites excluding steroid dienone is 4. The molecule has 1 aromatic carbocycles. The van der Waals surface area contributed by atoms with Crippen molar-refractivity contribution in [1.82, 2.24) is 0 Å². The second-order valence-corrected chi connectivity index (χ2v) is 4.17. The van der Waals surface area contributed by atoms with Gasteiger partial charge in [-0.3, -0.25) is 0 Å². The third-order valence-electron chi connectivity index (χ3n) is 2.63. The predicted octanol–water partition coefficient (Wildman–Crippen LogP) is 4.63. The van der Waals surface area contributed by atoms with Gasteiger partial charge in [0.05, 0.1) is 0 Å². The van der Waals surface area contributed by atoms with E-state index in [4.69, 9.17) is 4.74 Å².